The number of aryl methyl sites for hydroxylation is 1. The van der Waals surface area contributed by atoms with Crippen LogP contribution in [-0.2, 0) is 27.2 Å². The lowest BCUT2D eigenvalue weighted by Gasteiger charge is -2.33. The average molecular weight is 467 g/mol. The van der Waals surface area contributed by atoms with Crippen LogP contribution >= 0.6 is 11.3 Å². The summed E-state index contributed by atoms with van der Waals surface area (Å²) in [6.07, 6.45) is 2.58. The van der Waals surface area contributed by atoms with Crippen LogP contribution in [0.25, 0.3) is 0 Å². The largest absolute Gasteiger partial charge is 0.457 e. The van der Waals surface area contributed by atoms with E-state index in [-0.39, 0.29) is 36.6 Å². The van der Waals surface area contributed by atoms with Crippen LogP contribution in [0.4, 0.5) is 5.00 Å². The van der Waals surface area contributed by atoms with Crippen LogP contribution in [0.15, 0.2) is 24.3 Å². The van der Waals surface area contributed by atoms with Crippen molar-refractivity contribution in [3.8, 4) is 6.07 Å². The minimum Gasteiger partial charge on any atom is -0.457 e. The Morgan fingerprint density at radius 2 is 1.88 bits per heavy atom. The fraction of sp³-hybridized carbons (Fsp3) is 0.462. The molecule has 1 aromatic heterocycles. The van der Waals surface area contributed by atoms with Gasteiger partial charge in [-0.3, -0.25) is 14.4 Å². The average Bonchev–Trinajstić information content (AvgIpc) is 3.11. The van der Waals surface area contributed by atoms with E-state index in [1.165, 1.54) is 16.2 Å². The topological polar surface area (TPSA) is 96.3 Å². The van der Waals surface area contributed by atoms with E-state index in [9.17, 15) is 19.6 Å². The monoisotopic (exact) mass is 466 g/mol. The molecule has 1 N–H and O–H groups in total. The van der Waals surface area contributed by atoms with Crippen molar-refractivity contribution in [2.24, 2.45) is 11.3 Å². The summed E-state index contributed by atoms with van der Waals surface area (Å²) in [5.74, 6) is -0.704. The molecule has 174 valence electrons. The molecule has 6 nitrogen and oxygen atoms in total. The summed E-state index contributed by atoms with van der Waals surface area (Å²) in [7, 11) is 0. The van der Waals surface area contributed by atoms with Gasteiger partial charge in [0.05, 0.1) is 12.0 Å². The number of ketones is 1. The van der Waals surface area contributed by atoms with Crippen molar-refractivity contribution in [3.63, 3.8) is 0 Å². The number of carbonyl (C=O) groups excluding carboxylic acids is 3. The summed E-state index contributed by atoms with van der Waals surface area (Å²) in [6.45, 7) is 8.27. The van der Waals surface area contributed by atoms with Gasteiger partial charge in [-0.15, -0.1) is 11.3 Å². The molecule has 0 radical (unpaired) electrons. The van der Waals surface area contributed by atoms with E-state index < -0.39 is 5.97 Å². The van der Waals surface area contributed by atoms with Crippen molar-refractivity contribution in [2.75, 3.05) is 11.9 Å². The second kappa shape index (κ2) is 10.3. The lowest BCUT2D eigenvalue weighted by atomic mass is 9.72. The van der Waals surface area contributed by atoms with E-state index in [1.807, 2.05) is 19.1 Å². The van der Waals surface area contributed by atoms with E-state index in [0.29, 0.717) is 22.0 Å². The third kappa shape index (κ3) is 6.29. The molecule has 0 saturated carbocycles. The Morgan fingerprint density at radius 1 is 1.18 bits per heavy atom. The number of ether oxygens (including phenoxy) is 1. The summed E-state index contributed by atoms with van der Waals surface area (Å²) >= 11 is 1.47. The first-order valence-electron chi connectivity index (χ1n) is 11.2. The minimum absolute atomic E-state index is 0.0738. The Kier molecular flexibility index (Phi) is 7.70. The van der Waals surface area contributed by atoms with Gasteiger partial charge in [0.15, 0.2) is 12.4 Å². The van der Waals surface area contributed by atoms with Crippen LogP contribution in [-0.4, -0.2) is 24.3 Å². The predicted octanol–water partition coefficient (Wildman–Crippen LogP) is 5.22. The molecule has 33 heavy (non-hydrogen) atoms. The number of anilines is 1. The van der Waals surface area contributed by atoms with E-state index >= 15 is 0 Å². The Balaban J connectivity index is 1.51. The van der Waals surface area contributed by atoms with E-state index in [1.54, 1.807) is 12.1 Å². The van der Waals surface area contributed by atoms with Crippen molar-refractivity contribution in [1.82, 2.24) is 0 Å². The molecular formula is C26H30N2O4S. The first-order chi connectivity index (χ1) is 15.6. The van der Waals surface area contributed by atoms with Gasteiger partial charge in [0.1, 0.15) is 11.1 Å². The molecule has 1 aromatic carbocycles. The number of amides is 1. The molecule has 1 unspecified atom stereocenters. The zero-order valence-corrected chi connectivity index (χ0v) is 20.4. The van der Waals surface area contributed by atoms with Crippen molar-refractivity contribution < 1.29 is 19.1 Å². The van der Waals surface area contributed by atoms with Gasteiger partial charge in [-0.2, -0.15) is 5.26 Å². The summed E-state index contributed by atoms with van der Waals surface area (Å²) in [5.41, 5.74) is 3.30. The van der Waals surface area contributed by atoms with Crippen LogP contribution in [0, 0.1) is 29.6 Å². The molecule has 0 aliphatic heterocycles. The third-order valence-electron chi connectivity index (χ3n) is 6.15. The number of carbonyl (C=O) groups is 3. The second-order valence-corrected chi connectivity index (χ2v) is 10.7. The number of hydrogen-bond donors (Lipinski definition) is 1. The predicted molar refractivity (Wildman–Crippen MR) is 128 cm³/mol. The lowest BCUT2D eigenvalue weighted by Crippen LogP contribution is -2.26. The van der Waals surface area contributed by atoms with Crippen molar-refractivity contribution in [2.45, 2.75) is 59.8 Å². The summed E-state index contributed by atoms with van der Waals surface area (Å²) in [5, 5.41) is 13.0. The van der Waals surface area contributed by atoms with Gasteiger partial charge < -0.3 is 10.1 Å². The van der Waals surface area contributed by atoms with Crippen molar-refractivity contribution in [3.05, 3.63) is 51.4 Å². The van der Waals surface area contributed by atoms with Crippen molar-refractivity contribution in [1.29, 1.82) is 5.26 Å². The molecule has 1 amide bonds. The quantitative estimate of drug-likeness (QED) is 0.445. The lowest BCUT2D eigenvalue weighted by molar-refractivity contribution is -0.143. The van der Waals surface area contributed by atoms with Crippen LogP contribution in [0.3, 0.4) is 0 Å². The Morgan fingerprint density at radius 3 is 2.52 bits per heavy atom. The van der Waals surface area contributed by atoms with Gasteiger partial charge >= 0.3 is 5.97 Å². The fourth-order valence-corrected chi connectivity index (χ4v) is 5.27. The third-order valence-corrected chi connectivity index (χ3v) is 7.32. The highest BCUT2D eigenvalue weighted by Crippen LogP contribution is 2.44. The Hall–Kier alpha value is -2.98. The van der Waals surface area contributed by atoms with Gasteiger partial charge in [0.2, 0.25) is 5.91 Å². The molecule has 7 heteroatoms. The van der Waals surface area contributed by atoms with Gasteiger partial charge in [-0.1, -0.05) is 50.6 Å². The molecule has 1 aliphatic rings. The molecule has 0 spiro atoms. The smallest absolute Gasteiger partial charge is 0.306 e. The number of thiophene rings is 1. The minimum atomic E-state index is -0.607. The van der Waals surface area contributed by atoms with Crippen LogP contribution in [0.1, 0.15) is 72.0 Å². The second-order valence-electron chi connectivity index (χ2n) is 9.62. The first-order valence-corrected chi connectivity index (χ1v) is 12.0. The fourth-order valence-electron chi connectivity index (χ4n) is 3.98. The highest BCUT2D eigenvalue weighted by atomic mass is 32.1. The van der Waals surface area contributed by atoms with Crippen molar-refractivity contribution >= 4 is 34.0 Å². The number of rotatable bonds is 7. The molecule has 1 atom stereocenters. The first kappa shape index (κ1) is 24.7. The zero-order chi connectivity index (χ0) is 24.2. The molecular weight excluding hydrogens is 436 g/mol. The molecule has 1 heterocycles. The molecule has 1 aliphatic carbocycles. The number of nitrogens with one attached hydrogen (secondary N) is 1. The number of nitriles is 1. The number of esters is 1. The van der Waals surface area contributed by atoms with Gasteiger partial charge in [-0.25, -0.2) is 0 Å². The zero-order valence-electron chi connectivity index (χ0n) is 19.6. The maximum absolute atomic E-state index is 12.4. The maximum atomic E-state index is 12.4. The molecule has 0 saturated heterocycles. The van der Waals surface area contributed by atoms with Gasteiger partial charge in [0.25, 0.3) is 0 Å². The normalized spacial score (nSPS) is 15.3. The maximum Gasteiger partial charge on any atom is 0.306 e. The number of hydrogen-bond acceptors (Lipinski definition) is 6. The Labute approximate surface area is 199 Å². The molecule has 3 rings (SSSR count). The standard InChI is InChI=1S/C26H30N2O4S/c1-16-5-7-17(8-6-16)21(29)15-32-24(31)12-11-23(30)28-25-20(14-27)19-10-9-18(26(2,3)4)13-22(19)33-25/h5-8,18H,9-13,15H2,1-4H3,(H,28,30). The van der Waals surface area contributed by atoms with Crippen LogP contribution < -0.4 is 5.32 Å². The molecule has 0 bridgehead atoms. The van der Waals surface area contributed by atoms with E-state index in [2.05, 4.69) is 32.2 Å². The summed E-state index contributed by atoms with van der Waals surface area (Å²) < 4.78 is 5.03. The summed E-state index contributed by atoms with van der Waals surface area (Å²) in [4.78, 5) is 37.7. The van der Waals surface area contributed by atoms with Gasteiger partial charge in [-0.05, 0) is 43.1 Å². The number of benzene rings is 1. The Bertz CT molecular complexity index is 1090. The SMILES string of the molecule is Cc1ccc(C(=O)COC(=O)CCC(=O)Nc2sc3c(c2C#N)CCC(C(C)(C)C)C3)cc1. The van der Waals surface area contributed by atoms with Crippen LogP contribution in [0.5, 0.6) is 0 Å². The van der Waals surface area contributed by atoms with E-state index in [4.69, 9.17) is 4.74 Å². The highest BCUT2D eigenvalue weighted by Gasteiger charge is 2.32. The van der Waals surface area contributed by atoms with E-state index in [0.717, 1.165) is 30.4 Å². The molecule has 2 aromatic rings. The number of nitrogens with zero attached hydrogens (tertiary/aromatic N) is 1. The molecule has 0 fully saturated rings. The number of Topliss-reactive ketones (excluding diaryl/α,β-unsaturated/α-hetero) is 1. The highest BCUT2D eigenvalue weighted by molar-refractivity contribution is 7.16. The summed E-state index contributed by atoms with van der Waals surface area (Å²) in [6, 6.07) is 9.27. The van der Waals surface area contributed by atoms with Crippen LogP contribution in [0.2, 0.25) is 0 Å². The van der Waals surface area contributed by atoms with Gasteiger partial charge in [0, 0.05) is 16.9 Å². The number of fused-ring (bicyclic) bond motifs is 1.